The van der Waals surface area contributed by atoms with Crippen molar-refractivity contribution in [2.24, 2.45) is 5.10 Å². The van der Waals surface area contributed by atoms with Crippen LogP contribution in [0.5, 0.6) is 0 Å². The highest BCUT2D eigenvalue weighted by molar-refractivity contribution is 7.92. The maximum Gasteiger partial charge on any atom is 0.416 e. The van der Waals surface area contributed by atoms with Crippen molar-refractivity contribution in [3.8, 4) is 0 Å². The first-order valence-corrected chi connectivity index (χ1v) is 11.5. The molecule has 32 heavy (non-hydrogen) atoms. The number of hydrogen-bond donors (Lipinski definition) is 1. The minimum absolute atomic E-state index is 0.164. The summed E-state index contributed by atoms with van der Waals surface area (Å²) >= 11 is 1.40. The third-order valence-corrected chi connectivity index (χ3v) is 7.09. The second kappa shape index (κ2) is 9.53. The fourth-order valence-corrected chi connectivity index (χ4v) is 4.94. The molecule has 1 heterocycles. The van der Waals surface area contributed by atoms with Gasteiger partial charge in [-0.2, -0.15) is 18.3 Å². The van der Waals surface area contributed by atoms with E-state index in [1.54, 1.807) is 6.07 Å². The summed E-state index contributed by atoms with van der Waals surface area (Å²) in [5, 5.41) is 5.66. The molecule has 0 aliphatic heterocycles. The maximum absolute atomic E-state index is 13.2. The summed E-state index contributed by atoms with van der Waals surface area (Å²) in [6, 6.07) is 12.8. The first-order chi connectivity index (χ1) is 15.1. The van der Waals surface area contributed by atoms with E-state index in [9.17, 15) is 26.4 Å². The number of hydrazone groups is 1. The van der Waals surface area contributed by atoms with Crippen LogP contribution in [0.25, 0.3) is 0 Å². The molecule has 3 rings (SSSR count). The van der Waals surface area contributed by atoms with Gasteiger partial charge in [0, 0.05) is 4.88 Å². The molecule has 1 N–H and O–H groups in total. The molecule has 6 nitrogen and oxygen atoms in total. The number of halogens is 3. The molecule has 1 amide bonds. The first-order valence-electron chi connectivity index (χ1n) is 9.20. The second-order valence-electron chi connectivity index (χ2n) is 6.63. The number of hydrogen-bond acceptors (Lipinski definition) is 5. The number of anilines is 1. The summed E-state index contributed by atoms with van der Waals surface area (Å²) in [5.41, 5.74) is 1.85. The lowest BCUT2D eigenvalue weighted by atomic mass is 10.2. The Labute approximate surface area is 187 Å². The Morgan fingerprint density at radius 1 is 1.12 bits per heavy atom. The number of nitrogens with zero attached hydrogens (tertiary/aromatic N) is 2. The van der Waals surface area contributed by atoms with Gasteiger partial charge in [0.05, 0.1) is 22.4 Å². The van der Waals surface area contributed by atoms with Crippen molar-refractivity contribution in [1.29, 1.82) is 0 Å². The van der Waals surface area contributed by atoms with Crippen molar-refractivity contribution in [1.82, 2.24) is 5.43 Å². The Hall–Kier alpha value is -3.18. The summed E-state index contributed by atoms with van der Waals surface area (Å²) in [6.45, 7) is 1.10. The van der Waals surface area contributed by atoms with Crippen LogP contribution < -0.4 is 9.73 Å². The van der Waals surface area contributed by atoms with E-state index < -0.39 is 34.2 Å². The number of benzene rings is 2. The van der Waals surface area contributed by atoms with Gasteiger partial charge in [0.25, 0.3) is 15.9 Å². The van der Waals surface area contributed by atoms with E-state index in [-0.39, 0.29) is 10.6 Å². The minimum atomic E-state index is -4.68. The molecule has 0 unspecified atom stereocenters. The quantitative estimate of drug-likeness (QED) is 0.401. The summed E-state index contributed by atoms with van der Waals surface area (Å²) in [4.78, 5) is 13.1. The SMILES string of the molecule is Cc1ccsc1/C=N/NC(=O)CN(c1cccc(C(F)(F)F)c1)S(=O)(=O)c1ccccc1. The van der Waals surface area contributed by atoms with Crippen LogP contribution in [0.1, 0.15) is 16.0 Å². The van der Waals surface area contributed by atoms with Crippen molar-refractivity contribution in [3.63, 3.8) is 0 Å². The van der Waals surface area contributed by atoms with Crippen molar-refractivity contribution < 1.29 is 26.4 Å². The van der Waals surface area contributed by atoms with Crippen LogP contribution in [0, 0.1) is 6.92 Å². The molecular weight excluding hydrogens is 463 g/mol. The third kappa shape index (κ3) is 5.54. The molecular formula is C21H18F3N3O3S2. The normalized spacial score (nSPS) is 12.1. The maximum atomic E-state index is 13.2. The standard InChI is InChI=1S/C21H18F3N3O3S2/c1-15-10-11-31-19(15)13-25-26-20(28)14-27(32(29,30)18-8-3-2-4-9-18)17-7-5-6-16(12-17)21(22,23)24/h2-13H,14H2,1H3,(H,26,28)/b25-13+. The van der Waals surface area contributed by atoms with Crippen LogP contribution in [0.4, 0.5) is 18.9 Å². The highest BCUT2D eigenvalue weighted by Crippen LogP contribution is 2.33. The van der Waals surface area contributed by atoms with E-state index in [0.29, 0.717) is 10.4 Å². The number of amides is 1. The van der Waals surface area contributed by atoms with Gasteiger partial charge in [0.2, 0.25) is 0 Å². The Morgan fingerprint density at radius 3 is 2.47 bits per heavy atom. The number of sulfonamides is 1. The van der Waals surface area contributed by atoms with E-state index in [1.165, 1.54) is 47.9 Å². The molecule has 0 saturated carbocycles. The predicted octanol–water partition coefficient (Wildman–Crippen LogP) is 4.42. The van der Waals surface area contributed by atoms with Gasteiger partial charge in [0.1, 0.15) is 6.54 Å². The molecule has 0 saturated heterocycles. The van der Waals surface area contributed by atoms with Crippen LogP contribution in [-0.2, 0) is 21.0 Å². The molecule has 3 aromatic rings. The molecule has 0 atom stereocenters. The minimum Gasteiger partial charge on any atom is -0.271 e. The van der Waals surface area contributed by atoms with Crippen LogP contribution >= 0.6 is 11.3 Å². The molecule has 0 bridgehead atoms. The van der Waals surface area contributed by atoms with Crippen molar-refractivity contribution in [2.75, 3.05) is 10.8 Å². The smallest absolute Gasteiger partial charge is 0.271 e. The zero-order chi connectivity index (χ0) is 23.4. The van der Waals surface area contributed by atoms with Crippen molar-refractivity contribution >= 4 is 39.2 Å². The number of aryl methyl sites for hydroxylation is 1. The average molecular weight is 482 g/mol. The fourth-order valence-electron chi connectivity index (χ4n) is 2.72. The number of nitrogens with one attached hydrogen (secondary N) is 1. The summed E-state index contributed by atoms with van der Waals surface area (Å²) < 4.78 is 66.5. The van der Waals surface area contributed by atoms with Gasteiger partial charge in [-0.3, -0.25) is 9.10 Å². The predicted molar refractivity (Wildman–Crippen MR) is 117 cm³/mol. The van der Waals surface area contributed by atoms with Crippen molar-refractivity contribution in [3.05, 3.63) is 82.0 Å². The van der Waals surface area contributed by atoms with Gasteiger partial charge in [-0.25, -0.2) is 13.8 Å². The molecule has 0 aliphatic carbocycles. The average Bonchev–Trinajstić information content (AvgIpc) is 3.16. The van der Waals surface area contributed by atoms with Gasteiger partial charge < -0.3 is 0 Å². The van der Waals surface area contributed by atoms with Gasteiger partial charge in [-0.15, -0.1) is 11.3 Å². The Bertz CT molecular complexity index is 1220. The number of rotatable bonds is 7. The lowest BCUT2D eigenvalue weighted by Crippen LogP contribution is -2.39. The van der Waals surface area contributed by atoms with E-state index in [0.717, 1.165) is 22.6 Å². The molecule has 0 aliphatic rings. The largest absolute Gasteiger partial charge is 0.416 e. The lowest BCUT2D eigenvalue weighted by molar-refractivity contribution is -0.137. The van der Waals surface area contributed by atoms with E-state index >= 15 is 0 Å². The number of alkyl halides is 3. The topological polar surface area (TPSA) is 78.8 Å². The van der Waals surface area contributed by atoms with Crippen LogP contribution in [0.15, 0.2) is 76.0 Å². The Morgan fingerprint density at radius 2 is 1.84 bits per heavy atom. The van der Waals surface area contributed by atoms with Gasteiger partial charge in [-0.05, 0) is 54.3 Å². The molecule has 0 fully saturated rings. The Balaban J connectivity index is 1.92. The monoisotopic (exact) mass is 481 g/mol. The molecule has 0 spiro atoms. The van der Waals surface area contributed by atoms with E-state index in [4.69, 9.17) is 0 Å². The summed E-state index contributed by atoms with van der Waals surface area (Å²) in [5.74, 6) is -0.813. The van der Waals surface area contributed by atoms with Crippen LogP contribution in [0.3, 0.4) is 0 Å². The zero-order valence-corrected chi connectivity index (χ0v) is 18.3. The first kappa shape index (κ1) is 23.5. The molecule has 2 aromatic carbocycles. The van der Waals surface area contributed by atoms with Gasteiger partial charge in [-0.1, -0.05) is 24.3 Å². The van der Waals surface area contributed by atoms with Crippen LogP contribution in [-0.4, -0.2) is 27.1 Å². The molecule has 168 valence electrons. The molecule has 1 aromatic heterocycles. The van der Waals surface area contributed by atoms with Crippen molar-refractivity contribution in [2.45, 2.75) is 18.0 Å². The number of carbonyl (C=O) groups is 1. The number of carbonyl (C=O) groups excluding carboxylic acids is 1. The Kier molecular flexibility index (Phi) is 6.99. The molecule has 11 heteroatoms. The zero-order valence-electron chi connectivity index (χ0n) is 16.7. The second-order valence-corrected chi connectivity index (χ2v) is 9.44. The summed E-state index contributed by atoms with van der Waals surface area (Å²) in [7, 11) is -4.33. The van der Waals surface area contributed by atoms with E-state index in [2.05, 4.69) is 10.5 Å². The number of thiophene rings is 1. The van der Waals surface area contributed by atoms with Crippen LogP contribution in [0.2, 0.25) is 0 Å². The molecule has 0 radical (unpaired) electrons. The van der Waals surface area contributed by atoms with E-state index in [1.807, 2.05) is 18.4 Å². The fraction of sp³-hybridized carbons (Fsp3) is 0.143. The third-order valence-electron chi connectivity index (χ3n) is 4.35. The highest BCUT2D eigenvalue weighted by Gasteiger charge is 2.33. The summed E-state index contributed by atoms with van der Waals surface area (Å²) in [6.07, 6.45) is -3.26. The van der Waals surface area contributed by atoms with Gasteiger partial charge in [0.15, 0.2) is 0 Å². The van der Waals surface area contributed by atoms with Gasteiger partial charge >= 0.3 is 6.18 Å². The lowest BCUT2D eigenvalue weighted by Gasteiger charge is -2.24. The highest BCUT2D eigenvalue weighted by atomic mass is 32.2.